The molecule has 4 heteroatoms. The highest BCUT2D eigenvalue weighted by atomic mass is 19.3. The van der Waals surface area contributed by atoms with Gasteiger partial charge in [-0.2, -0.15) is 8.78 Å². The molecule has 2 unspecified atom stereocenters. The van der Waals surface area contributed by atoms with Gasteiger partial charge in [-0.1, -0.05) is 43.7 Å². The molecular weight excluding hydrogens is 258 g/mol. The molecule has 2 nitrogen and oxygen atoms in total. The van der Waals surface area contributed by atoms with E-state index in [4.69, 9.17) is 0 Å². The molecule has 0 spiro atoms. The van der Waals surface area contributed by atoms with Gasteiger partial charge >= 0.3 is 0 Å². The summed E-state index contributed by atoms with van der Waals surface area (Å²) in [7, 11) is 1.96. The fourth-order valence-electron chi connectivity index (χ4n) is 3.10. The highest BCUT2D eigenvalue weighted by Crippen LogP contribution is 2.31. The third-order valence-electron chi connectivity index (χ3n) is 4.33. The van der Waals surface area contributed by atoms with Crippen LogP contribution in [0.1, 0.15) is 25.3 Å². The van der Waals surface area contributed by atoms with Crippen molar-refractivity contribution in [2.24, 2.45) is 5.92 Å². The molecule has 0 aromatic heterocycles. The minimum atomic E-state index is -2.77. The Hall–Kier alpha value is -1.00. The Morgan fingerprint density at radius 1 is 1.30 bits per heavy atom. The van der Waals surface area contributed by atoms with Crippen molar-refractivity contribution in [2.45, 2.75) is 31.7 Å². The van der Waals surface area contributed by atoms with Gasteiger partial charge in [0.1, 0.15) is 0 Å². The molecule has 112 valence electrons. The Bertz CT molecular complexity index is 408. The Morgan fingerprint density at radius 2 is 2.00 bits per heavy atom. The summed E-state index contributed by atoms with van der Waals surface area (Å²) < 4.78 is 28.6. The van der Waals surface area contributed by atoms with E-state index in [9.17, 15) is 8.78 Å². The van der Waals surface area contributed by atoms with E-state index in [2.05, 4.69) is 12.2 Å². The van der Waals surface area contributed by atoms with Crippen molar-refractivity contribution in [1.29, 1.82) is 0 Å². The van der Waals surface area contributed by atoms with E-state index < -0.39 is 5.92 Å². The topological polar surface area (TPSA) is 15.3 Å². The molecule has 1 aliphatic rings. The van der Waals surface area contributed by atoms with Crippen LogP contribution < -0.4 is 5.32 Å². The molecule has 0 radical (unpaired) electrons. The smallest absolute Gasteiger partial charge is 0.285 e. The third kappa shape index (κ3) is 3.55. The molecule has 1 N–H and O–H groups in total. The van der Waals surface area contributed by atoms with E-state index in [0.29, 0.717) is 12.0 Å². The number of likely N-dealkylation sites (tertiary alicyclic amines) is 1. The zero-order valence-corrected chi connectivity index (χ0v) is 12.3. The molecule has 1 fully saturated rings. The summed E-state index contributed by atoms with van der Waals surface area (Å²) >= 11 is 0. The third-order valence-corrected chi connectivity index (χ3v) is 4.33. The first kappa shape index (κ1) is 15.4. The lowest BCUT2D eigenvalue weighted by Gasteiger charge is -2.39. The van der Waals surface area contributed by atoms with Gasteiger partial charge in [0.2, 0.25) is 0 Å². The van der Waals surface area contributed by atoms with Crippen LogP contribution in [0, 0.1) is 5.92 Å². The van der Waals surface area contributed by atoms with Crippen LogP contribution in [-0.4, -0.2) is 37.6 Å². The standard InChI is InChI=1S/C16H24F2N2/c1-3-13-11-20(10-9-15(13)19-2)12-16(17,18)14-7-5-4-6-8-14/h4-8,13,15,19H,3,9-12H2,1-2H3. The predicted molar refractivity (Wildman–Crippen MR) is 78.0 cm³/mol. The molecule has 1 heterocycles. The van der Waals surface area contributed by atoms with Gasteiger partial charge in [-0.3, -0.25) is 4.90 Å². The summed E-state index contributed by atoms with van der Waals surface area (Å²) in [6.45, 7) is 3.45. The molecule has 0 amide bonds. The Kier molecular flexibility index (Phi) is 5.11. The second-order valence-electron chi connectivity index (χ2n) is 5.66. The predicted octanol–water partition coefficient (Wildman–Crippen LogP) is 3.10. The minimum absolute atomic E-state index is 0.115. The first-order valence-electron chi connectivity index (χ1n) is 7.39. The molecule has 0 aliphatic carbocycles. The lowest BCUT2D eigenvalue weighted by molar-refractivity contribution is -0.0491. The van der Waals surface area contributed by atoms with Gasteiger partial charge in [0.25, 0.3) is 5.92 Å². The number of hydrogen-bond donors (Lipinski definition) is 1. The van der Waals surface area contributed by atoms with Gasteiger partial charge in [-0.05, 0) is 25.9 Å². The number of halogens is 2. The minimum Gasteiger partial charge on any atom is -0.317 e. The molecule has 2 atom stereocenters. The van der Waals surface area contributed by atoms with Crippen LogP contribution >= 0.6 is 0 Å². The summed E-state index contributed by atoms with van der Waals surface area (Å²) in [4.78, 5) is 1.91. The lowest BCUT2D eigenvalue weighted by Crippen LogP contribution is -2.50. The molecule has 1 aromatic carbocycles. The van der Waals surface area contributed by atoms with Crippen molar-refractivity contribution in [2.75, 3.05) is 26.7 Å². The maximum absolute atomic E-state index is 14.3. The van der Waals surface area contributed by atoms with Crippen LogP contribution in [-0.2, 0) is 5.92 Å². The molecule has 0 bridgehead atoms. The molecule has 0 saturated carbocycles. The first-order chi connectivity index (χ1) is 9.56. The molecule has 2 rings (SSSR count). The van der Waals surface area contributed by atoms with Gasteiger partial charge < -0.3 is 5.32 Å². The van der Waals surface area contributed by atoms with Crippen LogP contribution in [0.15, 0.2) is 30.3 Å². The number of alkyl halides is 2. The highest BCUT2D eigenvalue weighted by molar-refractivity contribution is 5.20. The summed E-state index contributed by atoms with van der Waals surface area (Å²) in [5.74, 6) is -2.31. The average Bonchev–Trinajstić information content (AvgIpc) is 2.47. The zero-order valence-electron chi connectivity index (χ0n) is 12.3. The van der Waals surface area contributed by atoms with Crippen LogP contribution in [0.3, 0.4) is 0 Å². The molecule has 1 aromatic rings. The Labute approximate surface area is 120 Å². The van der Waals surface area contributed by atoms with Crippen molar-refractivity contribution in [3.05, 3.63) is 35.9 Å². The summed E-state index contributed by atoms with van der Waals surface area (Å²) in [6.07, 6.45) is 1.97. The number of hydrogen-bond acceptors (Lipinski definition) is 2. The van der Waals surface area contributed by atoms with Crippen molar-refractivity contribution < 1.29 is 8.78 Å². The van der Waals surface area contributed by atoms with Crippen molar-refractivity contribution in [3.63, 3.8) is 0 Å². The van der Waals surface area contributed by atoms with E-state index in [0.717, 1.165) is 25.9 Å². The van der Waals surface area contributed by atoms with E-state index in [1.54, 1.807) is 18.2 Å². The SMILES string of the molecule is CCC1CN(CC(F)(F)c2ccccc2)CCC1NC. The Morgan fingerprint density at radius 3 is 2.60 bits per heavy atom. The second-order valence-corrected chi connectivity index (χ2v) is 5.66. The fraction of sp³-hybridized carbons (Fsp3) is 0.625. The van der Waals surface area contributed by atoms with E-state index in [-0.39, 0.29) is 12.1 Å². The van der Waals surface area contributed by atoms with Crippen molar-refractivity contribution >= 4 is 0 Å². The summed E-state index contributed by atoms with van der Waals surface area (Å²) in [6, 6.07) is 8.60. The largest absolute Gasteiger partial charge is 0.317 e. The number of benzene rings is 1. The van der Waals surface area contributed by atoms with Crippen LogP contribution in [0.4, 0.5) is 8.78 Å². The van der Waals surface area contributed by atoms with E-state index in [1.807, 2.05) is 11.9 Å². The summed E-state index contributed by atoms with van der Waals surface area (Å²) in [5.41, 5.74) is 0.115. The Balaban J connectivity index is 2.00. The van der Waals surface area contributed by atoms with Crippen LogP contribution in [0.2, 0.25) is 0 Å². The number of piperidine rings is 1. The van der Waals surface area contributed by atoms with Gasteiger partial charge in [0.15, 0.2) is 0 Å². The van der Waals surface area contributed by atoms with Gasteiger partial charge in [-0.25, -0.2) is 0 Å². The van der Waals surface area contributed by atoms with Crippen LogP contribution in [0.5, 0.6) is 0 Å². The van der Waals surface area contributed by atoms with Crippen molar-refractivity contribution in [3.8, 4) is 0 Å². The van der Waals surface area contributed by atoms with Crippen LogP contribution in [0.25, 0.3) is 0 Å². The number of nitrogens with zero attached hydrogens (tertiary/aromatic N) is 1. The molecule has 1 aliphatic heterocycles. The van der Waals surface area contributed by atoms with Crippen molar-refractivity contribution in [1.82, 2.24) is 10.2 Å². The monoisotopic (exact) mass is 282 g/mol. The fourth-order valence-corrected chi connectivity index (χ4v) is 3.10. The van der Waals surface area contributed by atoms with E-state index in [1.165, 1.54) is 12.1 Å². The molecule has 1 saturated heterocycles. The summed E-state index contributed by atoms with van der Waals surface area (Å²) in [5, 5.41) is 3.31. The molecule has 20 heavy (non-hydrogen) atoms. The highest BCUT2D eigenvalue weighted by Gasteiger charge is 2.36. The average molecular weight is 282 g/mol. The maximum Gasteiger partial charge on any atom is 0.285 e. The number of nitrogens with one attached hydrogen (secondary N) is 1. The lowest BCUT2D eigenvalue weighted by atomic mass is 9.89. The first-order valence-corrected chi connectivity index (χ1v) is 7.39. The second kappa shape index (κ2) is 6.64. The molecular formula is C16H24F2N2. The van der Waals surface area contributed by atoms with Gasteiger partial charge in [-0.15, -0.1) is 0 Å². The van der Waals surface area contributed by atoms with E-state index >= 15 is 0 Å². The van der Waals surface area contributed by atoms with Gasteiger partial charge in [0.05, 0.1) is 6.54 Å². The zero-order chi connectivity index (χ0) is 14.6. The maximum atomic E-state index is 14.3. The van der Waals surface area contributed by atoms with Gasteiger partial charge in [0, 0.05) is 18.2 Å². The normalized spacial score (nSPS) is 24.8. The number of rotatable bonds is 5. The quantitative estimate of drug-likeness (QED) is 0.893.